The standard InChI is InChI=1S/C19H20N4O/c20-13-14-6-4-5-9-17(14)22-16-10-11-21-18(12-16)19(24)23-15-7-2-1-3-8-15/h4-6,9-12,15H,1-3,7-8H2,(H,21,22)(H,23,24). The van der Waals surface area contributed by atoms with Gasteiger partial charge in [0.05, 0.1) is 11.3 Å². The summed E-state index contributed by atoms with van der Waals surface area (Å²) in [4.78, 5) is 16.6. The molecule has 0 radical (unpaired) electrons. The molecule has 0 unspecified atom stereocenters. The van der Waals surface area contributed by atoms with Gasteiger partial charge in [0.15, 0.2) is 0 Å². The van der Waals surface area contributed by atoms with E-state index in [2.05, 4.69) is 21.7 Å². The predicted octanol–water partition coefficient (Wildman–Crippen LogP) is 3.76. The van der Waals surface area contributed by atoms with Crippen molar-refractivity contribution in [1.82, 2.24) is 10.3 Å². The Morgan fingerprint density at radius 1 is 1.17 bits per heavy atom. The van der Waals surface area contributed by atoms with Gasteiger partial charge in [-0.1, -0.05) is 31.4 Å². The van der Waals surface area contributed by atoms with E-state index in [1.807, 2.05) is 18.2 Å². The fraction of sp³-hybridized carbons (Fsp3) is 0.316. The quantitative estimate of drug-likeness (QED) is 0.899. The summed E-state index contributed by atoms with van der Waals surface area (Å²) in [6, 6.07) is 13.2. The van der Waals surface area contributed by atoms with Crippen LogP contribution in [-0.2, 0) is 0 Å². The number of aromatic nitrogens is 1. The van der Waals surface area contributed by atoms with Crippen LogP contribution in [-0.4, -0.2) is 16.9 Å². The van der Waals surface area contributed by atoms with Crippen molar-refractivity contribution in [1.29, 1.82) is 5.26 Å². The second-order valence-corrected chi connectivity index (χ2v) is 6.02. The number of hydrogen-bond donors (Lipinski definition) is 2. The zero-order valence-corrected chi connectivity index (χ0v) is 13.5. The monoisotopic (exact) mass is 320 g/mol. The highest BCUT2D eigenvalue weighted by atomic mass is 16.1. The number of nitrogens with one attached hydrogen (secondary N) is 2. The molecule has 24 heavy (non-hydrogen) atoms. The SMILES string of the molecule is N#Cc1ccccc1Nc1ccnc(C(=O)NC2CCCCC2)c1. The first kappa shape index (κ1) is 16.0. The highest BCUT2D eigenvalue weighted by Crippen LogP contribution is 2.21. The molecule has 5 nitrogen and oxygen atoms in total. The van der Waals surface area contributed by atoms with Crippen molar-refractivity contribution >= 4 is 17.3 Å². The summed E-state index contributed by atoms with van der Waals surface area (Å²) in [5.74, 6) is -0.140. The molecule has 0 atom stereocenters. The summed E-state index contributed by atoms with van der Waals surface area (Å²) >= 11 is 0. The maximum absolute atomic E-state index is 12.4. The highest BCUT2D eigenvalue weighted by Gasteiger charge is 2.17. The second-order valence-electron chi connectivity index (χ2n) is 6.02. The van der Waals surface area contributed by atoms with Crippen molar-refractivity contribution in [3.63, 3.8) is 0 Å². The minimum absolute atomic E-state index is 0.140. The van der Waals surface area contributed by atoms with Crippen LogP contribution < -0.4 is 10.6 Å². The molecule has 1 fully saturated rings. The van der Waals surface area contributed by atoms with E-state index in [1.165, 1.54) is 19.3 Å². The molecule has 5 heteroatoms. The molecule has 0 bridgehead atoms. The zero-order valence-electron chi connectivity index (χ0n) is 13.5. The fourth-order valence-electron chi connectivity index (χ4n) is 2.98. The number of amides is 1. The Bertz CT molecular complexity index is 760. The van der Waals surface area contributed by atoms with Crippen LogP contribution in [0.2, 0.25) is 0 Å². The first-order chi connectivity index (χ1) is 11.8. The number of nitrogens with zero attached hydrogens (tertiary/aromatic N) is 2. The largest absolute Gasteiger partial charge is 0.354 e. The van der Waals surface area contributed by atoms with E-state index in [1.54, 1.807) is 24.4 Å². The van der Waals surface area contributed by atoms with Gasteiger partial charge in [0.25, 0.3) is 5.91 Å². The Morgan fingerprint density at radius 2 is 1.96 bits per heavy atom. The van der Waals surface area contributed by atoms with Gasteiger partial charge in [0.2, 0.25) is 0 Å². The molecular weight excluding hydrogens is 300 g/mol. The van der Waals surface area contributed by atoms with Gasteiger partial charge in [-0.2, -0.15) is 5.26 Å². The van der Waals surface area contributed by atoms with Gasteiger partial charge in [-0.25, -0.2) is 0 Å². The van der Waals surface area contributed by atoms with Crippen LogP contribution >= 0.6 is 0 Å². The molecule has 2 aromatic rings. The maximum Gasteiger partial charge on any atom is 0.270 e. The molecule has 1 aliphatic carbocycles. The topological polar surface area (TPSA) is 77.8 Å². The molecule has 0 aliphatic heterocycles. The number of hydrogen-bond acceptors (Lipinski definition) is 4. The molecule has 1 heterocycles. The molecule has 3 rings (SSSR count). The van der Waals surface area contributed by atoms with Crippen LogP contribution in [0, 0.1) is 11.3 Å². The lowest BCUT2D eigenvalue weighted by Gasteiger charge is -2.22. The first-order valence-electron chi connectivity index (χ1n) is 8.29. The minimum Gasteiger partial charge on any atom is -0.354 e. The van der Waals surface area contributed by atoms with Gasteiger partial charge in [0.1, 0.15) is 11.8 Å². The van der Waals surface area contributed by atoms with Crippen LogP contribution in [0.4, 0.5) is 11.4 Å². The third kappa shape index (κ3) is 3.90. The number of nitriles is 1. The van der Waals surface area contributed by atoms with Crippen LogP contribution in [0.3, 0.4) is 0 Å². The predicted molar refractivity (Wildman–Crippen MR) is 93.0 cm³/mol. The fourth-order valence-corrected chi connectivity index (χ4v) is 2.98. The lowest BCUT2D eigenvalue weighted by atomic mass is 9.95. The molecule has 122 valence electrons. The van der Waals surface area contributed by atoms with Gasteiger partial charge in [-0.3, -0.25) is 9.78 Å². The van der Waals surface area contributed by atoms with Crippen molar-refractivity contribution in [2.45, 2.75) is 38.1 Å². The molecular formula is C19H20N4O. The Balaban J connectivity index is 1.71. The van der Waals surface area contributed by atoms with Crippen molar-refractivity contribution in [3.05, 3.63) is 53.9 Å². The van der Waals surface area contributed by atoms with Crippen LogP contribution in [0.25, 0.3) is 0 Å². The maximum atomic E-state index is 12.4. The molecule has 0 spiro atoms. The highest BCUT2D eigenvalue weighted by molar-refractivity contribution is 5.93. The van der Waals surface area contributed by atoms with Gasteiger partial charge in [-0.05, 0) is 37.1 Å². The molecule has 1 aliphatic rings. The Morgan fingerprint density at radius 3 is 2.75 bits per heavy atom. The van der Waals surface area contributed by atoms with Crippen molar-refractivity contribution in [2.75, 3.05) is 5.32 Å². The van der Waals surface area contributed by atoms with E-state index in [9.17, 15) is 4.79 Å². The molecule has 1 aromatic heterocycles. The van der Waals surface area contributed by atoms with Gasteiger partial charge >= 0.3 is 0 Å². The molecule has 1 amide bonds. The van der Waals surface area contributed by atoms with Crippen molar-refractivity contribution in [3.8, 4) is 6.07 Å². The summed E-state index contributed by atoms with van der Waals surface area (Å²) in [6.07, 6.45) is 7.28. The normalized spacial score (nSPS) is 14.6. The van der Waals surface area contributed by atoms with Gasteiger partial charge < -0.3 is 10.6 Å². The molecule has 1 saturated carbocycles. The summed E-state index contributed by atoms with van der Waals surface area (Å²) in [7, 11) is 0. The van der Waals surface area contributed by atoms with Crippen LogP contribution in [0.15, 0.2) is 42.6 Å². The van der Waals surface area contributed by atoms with E-state index in [0.717, 1.165) is 18.5 Å². The third-order valence-corrected chi connectivity index (χ3v) is 4.26. The average molecular weight is 320 g/mol. The average Bonchev–Trinajstić information content (AvgIpc) is 2.63. The molecule has 2 N–H and O–H groups in total. The van der Waals surface area contributed by atoms with E-state index in [0.29, 0.717) is 16.9 Å². The van der Waals surface area contributed by atoms with Gasteiger partial charge in [0, 0.05) is 17.9 Å². The Hall–Kier alpha value is -2.87. The van der Waals surface area contributed by atoms with Gasteiger partial charge in [-0.15, -0.1) is 0 Å². The smallest absolute Gasteiger partial charge is 0.270 e. The van der Waals surface area contributed by atoms with Crippen molar-refractivity contribution < 1.29 is 4.79 Å². The lowest BCUT2D eigenvalue weighted by molar-refractivity contribution is 0.0922. The number of pyridine rings is 1. The number of carbonyl (C=O) groups excluding carboxylic acids is 1. The van der Waals surface area contributed by atoms with Crippen molar-refractivity contribution in [2.24, 2.45) is 0 Å². The molecule has 0 saturated heterocycles. The Kier molecular flexibility index (Phi) is 5.07. The third-order valence-electron chi connectivity index (χ3n) is 4.26. The second kappa shape index (κ2) is 7.60. The summed E-state index contributed by atoms with van der Waals surface area (Å²) in [5, 5.41) is 15.4. The minimum atomic E-state index is -0.140. The lowest BCUT2D eigenvalue weighted by Crippen LogP contribution is -2.36. The van der Waals surface area contributed by atoms with E-state index >= 15 is 0 Å². The van der Waals surface area contributed by atoms with Crippen LogP contribution in [0.5, 0.6) is 0 Å². The van der Waals surface area contributed by atoms with E-state index < -0.39 is 0 Å². The number of benzene rings is 1. The van der Waals surface area contributed by atoms with E-state index in [4.69, 9.17) is 5.26 Å². The number of rotatable bonds is 4. The molecule has 1 aromatic carbocycles. The number of anilines is 2. The zero-order chi connectivity index (χ0) is 16.8. The Labute approximate surface area is 141 Å². The summed E-state index contributed by atoms with van der Waals surface area (Å²) in [6.45, 7) is 0. The summed E-state index contributed by atoms with van der Waals surface area (Å²) in [5.41, 5.74) is 2.40. The van der Waals surface area contributed by atoms with E-state index in [-0.39, 0.29) is 11.9 Å². The number of carbonyl (C=O) groups is 1. The first-order valence-corrected chi connectivity index (χ1v) is 8.29. The summed E-state index contributed by atoms with van der Waals surface area (Å²) < 4.78 is 0. The number of para-hydroxylation sites is 1. The van der Waals surface area contributed by atoms with Crippen LogP contribution in [0.1, 0.15) is 48.2 Å².